The van der Waals surface area contributed by atoms with Gasteiger partial charge in [0, 0.05) is 0 Å². The summed E-state index contributed by atoms with van der Waals surface area (Å²) in [5.74, 6) is 0. The monoisotopic (exact) mass is 414 g/mol. The van der Waals surface area contributed by atoms with E-state index >= 15 is 0 Å². The van der Waals surface area contributed by atoms with Gasteiger partial charge in [0.25, 0.3) is 0 Å². The van der Waals surface area contributed by atoms with Crippen LogP contribution in [0.3, 0.4) is 0 Å². The molecule has 122 valence electrons. The zero-order chi connectivity index (χ0) is 15.7. The maximum atomic E-state index is 2.67. The van der Waals surface area contributed by atoms with E-state index in [2.05, 4.69) is 98.1 Å². The first kappa shape index (κ1) is 17.3. The Morgan fingerprint density at radius 3 is 1.14 bits per heavy atom. The summed E-state index contributed by atoms with van der Waals surface area (Å²) < 4.78 is 0. The van der Waals surface area contributed by atoms with Crippen LogP contribution in [0.1, 0.15) is 0 Å². The summed E-state index contributed by atoms with van der Waals surface area (Å²) in [5, 5.41) is 8.62. The Morgan fingerprint density at radius 1 is 0.571 bits per heavy atom. The molecule has 0 saturated heterocycles. The van der Waals surface area contributed by atoms with Crippen molar-refractivity contribution in [3.63, 3.8) is 0 Å². The molecular weight excluding hydrogens is 385 g/mol. The summed E-state index contributed by atoms with van der Waals surface area (Å²) in [7, 11) is 0. The molecule has 2 aromatic carbocycles. The second-order valence-corrected chi connectivity index (χ2v) is 41.2. The van der Waals surface area contributed by atoms with Crippen molar-refractivity contribution >= 4 is 21.5 Å². The number of rotatable bonds is 4. The molecule has 0 aliphatic carbocycles. The third-order valence-electron chi connectivity index (χ3n) is 4.86. The Kier molecular flexibility index (Phi) is 5.13. The van der Waals surface area contributed by atoms with Crippen LogP contribution in [0.4, 0.5) is 0 Å². The van der Waals surface area contributed by atoms with Gasteiger partial charge in [-0.15, -0.1) is 0 Å². The van der Waals surface area contributed by atoms with Crippen molar-refractivity contribution in [3.05, 3.63) is 60.7 Å². The quantitative estimate of drug-likeness (QED) is 0.501. The summed E-state index contributed by atoms with van der Waals surface area (Å²) in [5.41, 5.74) is -2.83. The normalized spacial score (nSPS) is 15.5. The Bertz CT molecular complexity index is 536. The van der Waals surface area contributed by atoms with Crippen LogP contribution in [-0.2, 0) is 14.5 Å². The van der Waals surface area contributed by atoms with Crippen molar-refractivity contribution in [2.75, 3.05) is 26.7 Å². The molecule has 3 heteroatoms. The van der Waals surface area contributed by atoms with Crippen LogP contribution in [0.15, 0.2) is 60.7 Å². The molecule has 0 nitrogen and oxygen atoms in total. The van der Waals surface area contributed by atoms with E-state index in [0.29, 0.717) is 0 Å². The van der Waals surface area contributed by atoms with E-state index in [0.717, 1.165) is 0 Å². The SMILES string of the molecule is C[PH](C)(c1ccccc1)[Pd]([CH3])([CH3])[PH](C)(C)c1ccccc1. The van der Waals surface area contributed by atoms with Crippen LogP contribution >= 0.6 is 10.9 Å². The van der Waals surface area contributed by atoms with Gasteiger partial charge in [0.1, 0.15) is 0 Å². The Labute approximate surface area is 134 Å². The van der Waals surface area contributed by atoms with Crippen LogP contribution in [0.5, 0.6) is 0 Å². The van der Waals surface area contributed by atoms with Crippen molar-refractivity contribution in [1.29, 1.82) is 0 Å². The molecule has 2 aromatic rings. The molecule has 0 fully saturated rings. The summed E-state index contributed by atoms with van der Waals surface area (Å²) in [4.78, 5) is 0. The molecule has 0 aliphatic rings. The van der Waals surface area contributed by atoms with Crippen LogP contribution in [-0.4, -0.2) is 26.7 Å². The standard InChI is InChI=1S/2C8H11P.2CH3.Pd/c2*1-9(2)8-6-4-3-5-7-8;;;/h2*3-7H,1-2H3;2*1H3;/q;;;;-2/p+2. The van der Waals surface area contributed by atoms with Crippen molar-refractivity contribution in [2.45, 2.75) is 10.8 Å². The third kappa shape index (κ3) is 3.05. The molecule has 0 spiro atoms. The zero-order valence-electron chi connectivity index (χ0n) is 14.1. The first-order valence-electron chi connectivity index (χ1n) is 7.27. The van der Waals surface area contributed by atoms with Gasteiger partial charge >= 0.3 is 134 Å². The van der Waals surface area contributed by atoms with Crippen LogP contribution in [0, 0.1) is 0 Å². The number of hydrogen-bond donors (Lipinski definition) is 0. The van der Waals surface area contributed by atoms with Crippen LogP contribution in [0.2, 0.25) is 10.8 Å². The van der Waals surface area contributed by atoms with E-state index in [1.54, 1.807) is 10.6 Å². The second kappa shape index (κ2) is 6.22. The average Bonchev–Trinajstić information content (AvgIpc) is 2.48. The minimum atomic E-state index is -1.50. The van der Waals surface area contributed by atoms with Gasteiger partial charge in [-0.05, 0) is 0 Å². The molecule has 0 heterocycles. The van der Waals surface area contributed by atoms with Gasteiger partial charge in [-0.3, -0.25) is 0 Å². The van der Waals surface area contributed by atoms with Crippen molar-refractivity contribution in [1.82, 2.24) is 0 Å². The predicted octanol–water partition coefficient (Wildman–Crippen LogP) is 4.74. The van der Waals surface area contributed by atoms with Gasteiger partial charge in [0.15, 0.2) is 0 Å². The molecule has 21 heavy (non-hydrogen) atoms. The van der Waals surface area contributed by atoms with Crippen LogP contribution in [0.25, 0.3) is 0 Å². The first-order chi connectivity index (χ1) is 9.71. The minimum absolute atomic E-state index is 1.41. The Balaban J connectivity index is 2.50. The number of benzene rings is 2. The topological polar surface area (TPSA) is 0 Å². The van der Waals surface area contributed by atoms with Crippen LogP contribution < -0.4 is 10.6 Å². The third-order valence-corrected chi connectivity index (χ3v) is 58.0. The van der Waals surface area contributed by atoms with Gasteiger partial charge in [-0.1, -0.05) is 0 Å². The molecule has 0 amide bonds. The van der Waals surface area contributed by atoms with E-state index in [1.165, 1.54) is 0 Å². The van der Waals surface area contributed by atoms with E-state index in [9.17, 15) is 0 Å². The molecule has 2 rings (SSSR count). The molecule has 0 radical (unpaired) electrons. The fourth-order valence-electron chi connectivity index (χ4n) is 2.60. The van der Waals surface area contributed by atoms with Gasteiger partial charge in [0.2, 0.25) is 0 Å². The van der Waals surface area contributed by atoms with Crippen molar-refractivity contribution in [3.8, 4) is 0 Å². The fourth-order valence-corrected chi connectivity index (χ4v) is 42.8. The van der Waals surface area contributed by atoms with Crippen molar-refractivity contribution in [2.24, 2.45) is 0 Å². The second-order valence-electron chi connectivity index (χ2n) is 6.55. The van der Waals surface area contributed by atoms with Gasteiger partial charge in [-0.25, -0.2) is 0 Å². The van der Waals surface area contributed by atoms with E-state index in [1.807, 2.05) is 0 Å². The van der Waals surface area contributed by atoms with E-state index < -0.39 is 25.4 Å². The van der Waals surface area contributed by atoms with Gasteiger partial charge < -0.3 is 0 Å². The number of hydrogen-bond acceptors (Lipinski definition) is 0. The molecule has 0 aromatic heterocycles. The fraction of sp³-hybridized carbons (Fsp3) is 0.333. The molecule has 0 saturated carbocycles. The molecular formula is C18H30P2Pd. The summed E-state index contributed by atoms with van der Waals surface area (Å²) in [6.45, 7) is 10.4. The van der Waals surface area contributed by atoms with E-state index in [-0.39, 0.29) is 0 Å². The van der Waals surface area contributed by atoms with E-state index in [4.69, 9.17) is 0 Å². The predicted molar refractivity (Wildman–Crippen MR) is 104 cm³/mol. The van der Waals surface area contributed by atoms with Gasteiger partial charge in [-0.2, -0.15) is 0 Å². The zero-order valence-corrected chi connectivity index (χ0v) is 17.6. The Morgan fingerprint density at radius 2 is 0.857 bits per heavy atom. The summed E-state index contributed by atoms with van der Waals surface area (Å²) in [6.07, 6.45) is 0. The molecule has 0 atom stereocenters. The van der Waals surface area contributed by atoms with Gasteiger partial charge in [0.05, 0.1) is 0 Å². The summed E-state index contributed by atoms with van der Waals surface area (Å²) >= 11 is -1.50. The first-order valence-corrected chi connectivity index (χ1v) is 20.7. The van der Waals surface area contributed by atoms with Crippen molar-refractivity contribution < 1.29 is 14.5 Å². The molecule has 0 aliphatic heterocycles. The Hall–Kier alpha value is -0.0377. The molecule has 0 bridgehead atoms. The molecule has 0 N–H and O–H groups in total. The summed E-state index contributed by atoms with van der Waals surface area (Å²) in [6, 6.07) is 22.6. The maximum absolute atomic E-state index is 2.67. The average molecular weight is 415 g/mol. The molecule has 0 unspecified atom stereocenters.